The SMILES string of the molecule is Cc1cc2c(cc1C1(C(=O)O)CCCCC1)OCO2. The molecule has 1 heterocycles. The maximum Gasteiger partial charge on any atom is 0.314 e. The summed E-state index contributed by atoms with van der Waals surface area (Å²) in [5.41, 5.74) is 1.13. The lowest BCUT2D eigenvalue weighted by atomic mass is 9.68. The van der Waals surface area contributed by atoms with E-state index in [-0.39, 0.29) is 6.79 Å². The van der Waals surface area contributed by atoms with Gasteiger partial charge in [0.25, 0.3) is 0 Å². The number of aliphatic carboxylic acids is 1. The first kappa shape index (κ1) is 12.3. The van der Waals surface area contributed by atoms with E-state index in [1.165, 1.54) is 0 Å². The van der Waals surface area contributed by atoms with E-state index in [0.717, 1.165) is 36.1 Å². The molecular formula is C15H18O4. The van der Waals surface area contributed by atoms with Crippen molar-refractivity contribution in [2.45, 2.75) is 44.4 Å². The maximum atomic E-state index is 11.9. The van der Waals surface area contributed by atoms with Gasteiger partial charge >= 0.3 is 5.97 Å². The second-order valence-corrected chi connectivity index (χ2v) is 5.47. The lowest BCUT2D eigenvalue weighted by Gasteiger charge is -2.34. The zero-order valence-corrected chi connectivity index (χ0v) is 11.1. The van der Waals surface area contributed by atoms with Crippen molar-refractivity contribution in [1.29, 1.82) is 0 Å². The van der Waals surface area contributed by atoms with Crippen molar-refractivity contribution >= 4 is 5.97 Å². The fourth-order valence-corrected chi connectivity index (χ4v) is 3.31. The van der Waals surface area contributed by atoms with Gasteiger partial charge in [-0.15, -0.1) is 0 Å². The summed E-state index contributed by atoms with van der Waals surface area (Å²) in [6.45, 7) is 2.18. The molecule has 1 fully saturated rings. The number of hydrogen-bond acceptors (Lipinski definition) is 3. The van der Waals surface area contributed by atoms with Crippen LogP contribution >= 0.6 is 0 Å². The number of ether oxygens (including phenoxy) is 2. The minimum atomic E-state index is -0.747. The molecule has 4 heteroatoms. The number of carbonyl (C=O) groups is 1. The van der Waals surface area contributed by atoms with Crippen molar-refractivity contribution < 1.29 is 19.4 Å². The van der Waals surface area contributed by atoms with Gasteiger partial charge in [0.1, 0.15) is 0 Å². The summed E-state index contributed by atoms with van der Waals surface area (Å²) in [5, 5.41) is 9.74. The molecule has 1 aliphatic carbocycles. The lowest BCUT2D eigenvalue weighted by molar-refractivity contribution is -0.145. The predicted molar refractivity (Wildman–Crippen MR) is 69.7 cm³/mol. The molecule has 3 rings (SSSR count). The Morgan fingerprint density at radius 2 is 1.79 bits per heavy atom. The van der Waals surface area contributed by atoms with Crippen molar-refractivity contribution in [3.8, 4) is 11.5 Å². The number of hydrogen-bond donors (Lipinski definition) is 1. The van der Waals surface area contributed by atoms with Gasteiger partial charge in [0.2, 0.25) is 6.79 Å². The van der Waals surface area contributed by atoms with Crippen molar-refractivity contribution in [2.75, 3.05) is 6.79 Å². The molecule has 1 aromatic carbocycles. The third-order valence-electron chi connectivity index (χ3n) is 4.35. The average molecular weight is 262 g/mol. The molecule has 0 radical (unpaired) electrons. The average Bonchev–Trinajstić information content (AvgIpc) is 2.85. The third-order valence-corrected chi connectivity index (χ3v) is 4.35. The van der Waals surface area contributed by atoms with Gasteiger partial charge < -0.3 is 14.6 Å². The monoisotopic (exact) mass is 262 g/mol. The summed E-state index contributed by atoms with van der Waals surface area (Å²) in [7, 11) is 0. The second kappa shape index (κ2) is 4.44. The zero-order chi connectivity index (χ0) is 13.5. The van der Waals surface area contributed by atoms with E-state index in [4.69, 9.17) is 9.47 Å². The summed E-state index contributed by atoms with van der Waals surface area (Å²) in [6, 6.07) is 3.77. The van der Waals surface area contributed by atoms with Crippen LogP contribution in [-0.4, -0.2) is 17.9 Å². The standard InChI is InChI=1S/C15H18O4/c1-10-7-12-13(19-9-18-12)8-11(10)15(14(16)17)5-3-2-4-6-15/h7-8H,2-6,9H2,1H3,(H,16,17). The molecular weight excluding hydrogens is 244 g/mol. The van der Waals surface area contributed by atoms with Gasteiger partial charge in [-0.3, -0.25) is 4.79 Å². The van der Waals surface area contributed by atoms with Crippen molar-refractivity contribution in [3.05, 3.63) is 23.3 Å². The van der Waals surface area contributed by atoms with E-state index >= 15 is 0 Å². The number of carboxylic acid groups (broad SMARTS) is 1. The third kappa shape index (κ3) is 1.86. The van der Waals surface area contributed by atoms with Gasteiger partial charge in [-0.2, -0.15) is 0 Å². The van der Waals surface area contributed by atoms with Crippen LogP contribution in [0, 0.1) is 6.92 Å². The van der Waals surface area contributed by atoms with Gasteiger partial charge in [-0.25, -0.2) is 0 Å². The number of carboxylic acids is 1. The normalized spacial score (nSPS) is 20.3. The van der Waals surface area contributed by atoms with Gasteiger partial charge in [-0.1, -0.05) is 19.3 Å². The van der Waals surface area contributed by atoms with Crippen LogP contribution < -0.4 is 9.47 Å². The molecule has 1 aliphatic heterocycles. The maximum absolute atomic E-state index is 11.9. The highest BCUT2D eigenvalue weighted by Crippen LogP contribution is 2.45. The Hall–Kier alpha value is -1.71. The van der Waals surface area contributed by atoms with Gasteiger partial charge in [0.05, 0.1) is 5.41 Å². The van der Waals surface area contributed by atoms with E-state index in [9.17, 15) is 9.90 Å². The van der Waals surface area contributed by atoms with Crippen molar-refractivity contribution in [3.63, 3.8) is 0 Å². The van der Waals surface area contributed by atoms with Crippen LogP contribution in [0.2, 0.25) is 0 Å². The molecule has 2 aliphatic rings. The largest absolute Gasteiger partial charge is 0.481 e. The highest BCUT2D eigenvalue weighted by atomic mass is 16.7. The minimum Gasteiger partial charge on any atom is -0.481 e. The first-order valence-corrected chi connectivity index (χ1v) is 6.78. The Balaban J connectivity index is 2.10. The molecule has 0 unspecified atom stereocenters. The van der Waals surface area contributed by atoms with Crippen molar-refractivity contribution in [1.82, 2.24) is 0 Å². The first-order chi connectivity index (χ1) is 9.13. The zero-order valence-electron chi connectivity index (χ0n) is 11.1. The molecule has 0 spiro atoms. The number of fused-ring (bicyclic) bond motifs is 1. The second-order valence-electron chi connectivity index (χ2n) is 5.47. The van der Waals surface area contributed by atoms with E-state index in [1.54, 1.807) is 0 Å². The first-order valence-electron chi connectivity index (χ1n) is 6.78. The quantitative estimate of drug-likeness (QED) is 0.890. The molecule has 1 N–H and O–H groups in total. The highest BCUT2D eigenvalue weighted by Gasteiger charge is 2.43. The van der Waals surface area contributed by atoms with E-state index in [0.29, 0.717) is 18.6 Å². The van der Waals surface area contributed by atoms with Crippen LogP contribution in [-0.2, 0) is 10.2 Å². The van der Waals surface area contributed by atoms with Crippen LogP contribution in [0.1, 0.15) is 43.2 Å². The summed E-state index contributed by atoms with van der Waals surface area (Å²) in [6.07, 6.45) is 4.49. The van der Waals surface area contributed by atoms with Crippen LogP contribution in [0.4, 0.5) is 0 Å². The van der Waals surface area contributed by atoms with E-state index in [1.807, 2.05) is 19.1 Å². The Kier molecular flexibility index (Phi) is 2.88. The van der Waals surface area contributed by atoms with Crippen LogP contribution in [0.25, 0.3) is 0 Å². The molecule has 4 nitrogen and oxygen atoms in total. The molecule has 1 aromatic rings. The minimum absolute atomic E-state index is 0.221. The van der Waals surface area contributed by atoms with Gasteiger partial charge in [0, 0.05) is 0 Å². The van der Waals surface area contributed by atoms with Crippen LogP contribution in [0.3, 0.4) is 0 Å². The number of benzene rings is 1. The smallest absolute Gasteiger partial charge is 0.314 e. The lowest BCUT2D eigenvalue weighted by Crippen LogP contribution is -2.38. The van der Waals surface area contributed by atoms with E-state index < -0.39 is 11.4 Å². The Labute approximate surface area is 112 Å². The fourth-order valence-electron chi connectivity index (χ4n) is 3.31. The molecule has 102 valence electrons. The van der Waals surface area contributed by atoms with Gasteiger partial charge in [-0.05, 0) is 43.0 Å². The number of rotatable bonds is 2. The molecule has 0 atom stereocenters. The van der Waals surface area contributed by atoms with Crippen molar-refractivity contribution in [2.24, 2.45) is 0 Å². The van der Waals surface area contributed by atoms with Gasteiger partial charge in [0.15, 0.2) is 11.5 Å². The summed E-state index contributed by atoms with van der Waals surface area (Å²) < 4.78 is 10.7. The molecule has 0 amide bonds. The molecule has 0 bridgehead atoms. The molecule has 0 aromatic heterocycles. The summed E-state index contributed by atoms with van der Waals surface area (Å²) in [4.78, 5) is 11.9. The topological polar surface area (TPSA) is 55.8 Å². The van der Waals surface area contributed by atoms with E-state index in [2.05, 4.69) is 0 Å². The number of aryl methyl sites for hydroxylation is 1. The predicted octanol–water partition coefficient (Wildman–Crippen LogP) is 3.01. The Morgan fingerprint density at radius 1 is 1.16 bits per heavy atom. The van der Waals surface area contributed by atoms with Crippen LogP contribution in [0.5, 0.6) is 11.5 Å². The molecule has 0 saturated heterocycles. The fraction of sp³-hybridized carbons (Fsp3) is 0.533. The molecule has 19 heavy (non-hydrogen) atoms. The Morgan fingerprint density at radius 3 is 2.42 bits per heavy atom. The summed E-state index contributed by atoms with van der Waals surface area (Å²) >= 11 is 0. The summed E-state index contributed by atoms with van der Waals surface area (Å²) in [5.74, 6) is 0.679. The van der Waals surface area contributed by atoms with Crippen LogP contribution in [0.15, 0.2) is 12.1 Å². The Bertz CT molecular complexity index is 515. The molecule has 1 saturated carbocycles. The highest BCUT2D eigenvalue weighted by molar-refractivity contribution is 5.82.